The number of alkyl halides is 2. The predicted octanol–water partition coefficient (Wildman–Crippen LogP) is 3.84. The van der Waals surface area contributed by atoms with Crippen LogP contribution in [0.5, 0.6) is 0 Å². The molecule has 94 valence electrons. The van der Waals surface area contributed by atoms with E-state index >= 15 is 0 Å². The molecule has 0 radical (unpaired) electrons. The first-order valence-corrected chi connectivity index (χ1v) is 5.27. The van der Waals surface area contributed by atoms with Gasteiger partial charge in [0, 0.05) is 5.92 Å². The van der Waals surface area contributed by atoms with Crippen molar-refractivity contribution in [3.63, 3.8) is 0 Å². The second-order valence-corrected chi connectivity index (χ2v) is 3.83. The van der Waals surface area contributed by atoms with Crippen molar-refractivity contribution in [3.05, 3.63) is 35.1 Å². The van der Waals surface area contributed by atoms with Crippen LogP contribution in [-0.2, 0) is 4.74 Å². The van der Waals surface area contributed by atoms with Crippen molar-refractivity contribution in [2.24, 2.45) is 5.92 Å². The van der Waals surface area contributed by atoms with Crippen molar-refractivity contribution in [2.45, 2.75) is 20.8 Å². The summed E-state index contributed by atoms with van der Waals surface area (Å²) in [4.78, 5) is 0. The van der Waals surface area contributed by atoms with Crippen molar-refractivity contribution in [2.75, 3.05) is 13.3 Å². The average Bonchev–Trinajstić information content (AvgIpc) is 2.29. The summed E-state index contributed by atoms with van der Waals surface area (Å²) in [5, 5.41) is 8.40. The third-order valence-corrected chi connectivity index (χ3v) is 2.27. The summed E-state index contributed by atoms with van der Waals surface area (Å²) in [6, 6.07) is 0. The maximum Gasteiger partial charge on any atom is 0.292 e. The molecular weight excluding hydrogens is 224 g/mol. The molecular formula is C13H17F2NO. The zero-order chi connectivity index (χ0) is 13.3. The van der Waals surface area contributed by atoms with Crippen LogP contribution in [0.2, 0.25) is 0 Å². The molecule has 0 saturated heterocycles. The maximum atomic E-state index is 12.4. The lowest BCUT2D eigenvalue weighted by molar-refractivity contribution is 0.322. The fourth-order valence-electron chi connectivity index (χ4n) is 1.06. The van der Waals surface area contributed by atoms with Crippen molar-refractivity contribution in [1.29, 1.82) is 5.26 Å². The molecule has 0 N–H and O–H groups in total. The van der Waals surface area contributed by atoms with E-state index in [1.807, 2.05) is 0 Å². The zero-order valence-corrected chi connectivity index (χ0v) is 10.3. The van der Waals surface area contributed by atoms with E-state index in [0.717, 1.165) is 5.57 Å². The van der Waals surface area contributed by atoms with Gasteiger partial charge in [-0.25, -0.2) is 0 Å². The van der Waals surface area contributed by atoms with E-state index in [1.54, 1.807) is 45.3 Å². The van der Waals surface area contributed by atoms with Crippen LogP contribution in [0.3, 0.4) is 0 Å². The van der Waals surface area contributed by atoms with E-state index < -0.39 is 19.3 Å². The predicted molar refractivity (Wildman–Crippen MR) is 63.4 cm³/mol. The molecule has 0 heterocycles. The van der Waals surface area contributed by atoms with Gasteiger partial charge in [-0.1, -0.05) is 17.7 Å². The molecule has 0 unspecified atom stereocenters. The number of hydrogen-bond acceptors (Lipinski definition) is 2. The molecule has 0 aromatic rings. The lowest BCUT2D eigenvalue weighted by Gasteiger charge is -2.07. The van der Waals surface area contributed by atoms with Gasteiger partial charge in [-0.3, -0.25) is 8.78 Å². The first-order valence-electron chi connectivity index (χ1n) is 5.27. The van der Waals surface area contributed by atoms with Crippen LogP contribution in [0.4, 0.5) is 8.78 Å². The average molecular weight is 241 g/mol. The van der Waals surface area contributed by atoms with E-state index in [9.17, 15) is 8.78 Å². The summed E-state index contributed by atoms with van der Waals surface area (Å²) < 4.78 is 29.4. The molecule has 0 aliphatic heterocycles. The molecule has 0 spiro atoms. The highest BCUT2D eigenvalue weighted by atomic mass is 19.1. The number of halogens is 2. The minimum absolute atomic E-state index is 0.439. The molecule has 0 saturated carbocycles. The zero-order valence-electron chi connectivity index (χ0n) is 10.3. The van der Waals surface area contributed by atoms with Crippen LogP contribution in [0.1, 0.15) is 20.8 Å². The molecule has 0 atom stereocenters. The molecule has 0 fully saturated rings. The Labute approximate surface area is 101 Å². The van der Waals surface area contributed by atoms with E-state index in [1.165, 1.54) is 0 Å². The number of hydrogen-bond donors (Lipinski definition) is 0. The summed E-state index contributed by atoms with van der Waals surface area (Å²) in [7, 11) is 0. The van der Waals surface area contributed by atoms with Crippen molar-refractivity contribution in [3.8, 4) is 6.26 Å². The number of nitriles is 1. The van der Waals surface area contributed by atoms with Crippen LogP contribution in [0, 0.1) is 17.4 Å². The quantitative estimate of drug-likeness (QED) is 0.402. The summed E-state index contributed by atoms with van der Waals surface area (Å²) in [5.74, 6) is -0.250. The van der Waals surface area contributed by atoms with Crippen LogP contribution in [0.15, 0.2) is 35.1 Å². The lowest BCUT2D eigenvalue weighted by Crippen LogP contribution is -2.06. The number of nitrogens with zero attached hydrogens (tertiary/aromatic N) is 1. The topological polar surface area (TPSA) is 33.0 Å². The van der Waals surface area contributed by atoms with Gasteiger partial charge >= 0.3 is 0 Å². The third kappa shape index (κ3) is 5.86. The second-order valence-electron chi connectivity index (χ2n) is 3.83. The fourth-order valence-corrected chi connectivity index (χ4v) is 1.06. The normalized spacial score (nSPS) is 11.7. The number of ether oxygens (including phenoxy) is 1. The van der Waals surface area contributed by atoms with Gasteiger partial charge in [-0.15, -0.1) is 5.26 Å². The Morgan fingerprint density at radius 1 is 1.29 bits per heavy atom. The van der Waals surface area contributed by atoms with Crippen LogP contribution in [0.25, 0.3) is 0 Å². The monoisotopic (exact) mass is 241 g/mol. The molecule has 0 bridgehead atoms. The van der Waals surface area contributed by atoms with E-state index in [2.05, 4.69) is 0 Å². The van der Waals surface area contributed by atoms with E-state index in [0.29, 0.717) is 11.3 Å². The Bertz CT molecular complexity index is 356. The fraction of sp³-hybridized carbons (Fsp3) is 0.462. The van der Waals surface area contributed by atoms with Gasteiger partial charge in [0.15, 0.2) is 0 Å². The van der Waals surface area contributed by atoms with Gasteiger partial charge in [0.1, 0.15) is 5.76 Å². The lowest BCUT2D eigenvalue weighted by atomic mass is 10.0. The van der Waals surface area contributed by atoms with Crippen molar-refractivity contribution >= 4 is 0 Å². The highest BCUT2D eigenvalue weighted by Gasteiger charge is 2.08. The van der Waals surface area contributed by atoms with Gasteiger partial charge in [-0.05, 0) is 32.4 Å². The van der Waals surface area contributed by atoms with Crippen molar-refractivity contribution in [1.82, 2.24) is 0 Å². The SMILES string of the molecule is CC(C)=C(/C=C\C=C(/C)C(CF)CF)OC#N. The minimum Gasteiger partial charge on any atom is -0.388 e. The number of rotatable bonds is 6. The second kappa shape index (κ2) is 8.51. The van der Waals surface area contributed by atoms with Crippen molar-refractivity contribution < 1.29 is 13.5 Å². The molecule has 17 heavy (non-hydrogen) atoms. The van der Waals surface area contributed by atoms with Gasteiger partial charge in [0.25, 0.3) is 6.26 Å². The molecule has 2 nitrogen and oxygen atoms in total. The molecule has 4 heteroatoms. The molecule has 0 aliphatic carbocycles. The Hall–Kier alpha value is -1.63. The van der Waals surface area contributed by atoms with Gasteiger partial charge in [0.2, 0.25) is 0 Å². The Balaban J connectivity index is 4.69. The highest BCUT2D eigenvalue weighted by molar-refractivity contribution is 5.24. The van der Waals surface area contributed by atoms with E-state index in [4.69, 9.17) is 10.00 Å². The van der Waals surface area contributed by atoms with Gasteiger partial charge in [0.05, 0.1) is 13.3 Å². The van der Waals surface area contributed by atoms with Crippen LogP contribution in [-0.4, -0.2) is 13.3 Å². The Kier molecular flexibility index (Phi) is 7.70. The van der Waals surface area contributed by atoms with E-state index in [-0.39, 0.29) is 0 Å². The maximum absolute atomic E-state index is 12.4. The minimum atomic E-state index is -0.711. The summed E-state index contributed by atoms with van der Waals surface area (Å²) in [5.41, 5.74) is 1.47. The standard InChI is InChI=1S/C13H17F2NO/c1-10(2)13(17-9-16)6-4-5-11(3)12(7-14)8-15/h4-6,12H,7-8H2,1-3H3/b6-4-,11-5+. The summed E-state index contributed by atoms with van der Waals surface area (Å²) in [6.07, 6.45) is 6.41. The Morgan fingerprint density at radius 3 is 2.29 bits per heavy atom. The third-order valence-electron chi connectivity index (χ3n) is 2.27. The summed E-state index contributed by atoms with van der Waals surface area (Å²) in [6.45, 7) is 3.86. The van der Waals surface area contributed by atoms with Crippen LogP contribution >= 0.6 is 0 Å². The highest BCUT2D eigenvalue weighted by Crippen LogP contribution is 2.13. The molecule has 0 aromatic carbocycles. The van der Waals surface area contributed by atoms with Crippen LogP contribution < -0.4 is 0 Å². The smallest absolute Gasteiger partial charge is 0.292 e. The number of allylic oxidation sites excluding steroid dienone is 5. The largest absolute Gasteiger partial charge is 0.388 e. The Morgan fingerprint density at radius 2 is 1.88 bits per heavy atom. The van der Waals surface area contributed by atoms with Gasteiger partial charge in [-0.2, -0.15) is 0 Å². The summed E-state index contributed by atoms with van der Waals surface area (Å²) >= 11 is 0. The molecule has 0 amide bonds. The first kappa shape index (κ1) is 15.4. The molecule has 0 aliphatic rings. The molecule has 0 aromatic heterocycles. The first-order chi connectivity index (χ1) is 8.06. The van der Waals surface area contributed by atoms with Gasteiger partial charge < -0.3 is 4.74 Å². The molecule has 0 rings (SSSR count).